The Hall–Kier alpha value is -1.72. The second-order valence-electron chi connectivity index (χ2n) is 1.56. The van der Waals surface area contributed by atoms with Gasteiger partial charge in [-0.3, -0.25) is 10.1 Å². The molecule has 6 nitrogen and oxygen atoms in total. The first-order valence-corrected chi connectivity index (χ1v) is 2.43. The van der Waals surface area contributed by atoms with Gasteiger partial charge in [-0.15, -0.1) is 5.10 Å². The molecular weight excluding hydrogens is 136 g/mol. The molecule has 1 heterocycles. The molecule has 0 radical (unpaired) electrons. The molecule has 0 aromatic carbocycles. The topological polar surface area (TPSA) is 94.9 Å². The van der Waals surface area contributed by atoms with Crippen LogP contribution in [0.1, 0.15) is 0 Å². The molecule has 52 valence electrons. The summed E-state index contributed by atoms with van der Waals surface area (Å²) < 4.78 is 0. The van der Waals surface area contributed by atoms with Crippen molar-refractivity contribution in [1.82, 2.24) is 10.2 Å². The summed E-state index contributed by atoms with van der Waals surface area (Å²) >= 11 is 0. The third-order valence-corrected chi connectivity index (χ3v) is 0.924. The van der Waals surface area contributed by atoms with E-state index in [0.29, 0.717) is 0 Å². The van der Waals surface area contributed by atoms with Crippen LogP contribution in [0.4, 0.5) is 11.5 Å². The van der Waals surface area contributed by atoms with E-state index in [0.717, 1.165) is 0 Å². The number of nitrogen functional groups attached to an aromatic ring is 1. The lowest BCUT2D eigenvalue weighted by molar-refractivity contribution is -0.384. The first-order chi connectivity index (χ1) is 4.72. The molecule has 0 aliphatic rings. The van der Waals surface area contributed by atoms with Crippen molar-refractivity contribution in [3.05, 3.63) is 22.4 Å². The summed E-state index contributed by atoms with van der Waals surface area (Å²) in [6.07, 6.45) is 1.22. The Labute approximate surface area is 55.8 Å². The fourth-order valence-electron chi connectivity index (χ4n) is 0.490. The SMILES string of the molecule is Nc1nnccc1[N+](=O)[O-]. The summed E-state index contributed by atoms with van der Waals surface area (Å²) in [5, 5.41) is 16.7. The monoisotopic (exact) mass is 140 g/mol. The first-order valence-electron chi connectivity index (χ1n) is 2.43. The summed E-state index contributed by atoms with van der Waals surface area (Å²) in [7, 11) is 0. The third-order valence-electron chi connectivity index (χ3n) is 0.924. The van der Waals surface area contributed by atoms with Gasteiger partial charge in [-0.2, -0.15) is 5.10 Å². The van der Waals surface area contributed by atoms with Gasteiger partial charge in [-0.1, -0.05) is 0 Å². The Balaban J connectivity index is 3.15. The van der Waals surface area contributed by atoms with Crippen molar-refractivity contribution in [1.29, 1.82) is 0 Å². The Morgan fingerprint density at radius 2 is 2.40 bits per heavy atom. The predicted molar refractivity (Wildman–Crippen MR) is 33.1 cm³/mol. The van der Waals surface area contributed by atoms with E-state index in [1.165, 1.54) is 12.3 Å². The highest BCUT2D eigenvalue weighted by atomic mass is 16.6. The second kappa shape index (κ2) is 2.26. The highest BCUT2D eigenvalue weighted by molar-refractivity contribution is 5.49. The highest BCUT2D eigenvalue weighted by Crippen LogP contribution is 2.14. The van der Waals surface area contributed by atoms with Crippen LogP contribution in [0.3, 0.4) is 0 Å². The quantitative estimate of drug-likeness (QED) is 0.436. The molecule has 1 rings (SSSR count). The van der Waals surface area contributed by atoms with Gasteiger partial charge in [0.1, 0.15) is 0 Å². The molecule has 2 N–H and O–H groups in total. The molecule has 0 spiro atoms. The molecule has 0 fully saturated rings. The zero-order chi connectivity index (χ0) is 7.56. The largest absolute Gasteiger partial charge is 0.376 e. The Bertz CT molecular complexity index is 261. The van der Waals surface area contributed by atoms with E-state index in [4.69, 9.17) is 5.73 Å². The average molecular weight is 140 g/mol. The van der Waals surface area contributed by atoms with E-state index in [-0.39, 0.29) is 11.5 Å². The van der Waals surface area contributed by atoms with Crippen molar-refractivity contribution in [2.45, 2.75) is 0 Å². The van der Waals surface area contributed by atoms with E-state index in [2.05, 4.69) is 10.2 Å². The number of nitrogens with two attached hydrogens (primary N) is 1. The number of hydrogen-bond donors (Lipinski definition) is 1. The van der Waals surface area contributed by atoms with Gasteiger partial charge in [-0.05, 0) is 0 Å². The van der Waals surface area contributed by atoms with Crippen LogP contribution in [0.5, 0.6) is 0 Å². The molecule has 0 saturated heterocycles. The molecule has 1 aromatic heterocycles. The van der Waals surface area contributed by atoms with Crippen molar-refractivity contribution in [2.75, 3.05) is 5.73 Å². The minimum atomic E-state index is -0.607. The van der Waals surface area contributed by atoms with Crippen LogP contribution in [0.25, 0.3) is 0 Å². The number of rotatable bonds is 1. The van der Waals surface area contributed by atoms with Crippen molar-refractivity contribution in [2.24, 2.45) is 0 Å². The van der Waals surface area contributed by atoms with Crippen LogP contribution in [-0.4, -0.2) is 15.1 Å². The van der Waals surface area contributed by atoms with Gasteiger partial charge in [0, 0.05) is 6.07 Å². The lowest BCUT2D eigenvalue weighted by Gasteiger charge is -1.90. The minimum absolute atomic E-state index is 0.160. The molecular formula is C4H4N4O2. The van der Waals surface area contributed by atoms with Crippen molar-refractivity contribution in [3.8, 4) is 0 Å². The Morgan fingerprint density at radius 3 is 2.80 bits per heavy atom. The summed E-state index contributed by atoms with van der Waals surface area (Å²) in [5.74, 6) is -0.160. The first kappa shape index (κ1) is 6.40. The Morgan fingerprint density at radius 1 is 1.70 bits per heavy atom. The molecule has 0 amide bonds. The Kier molecular flexibility index (Phi) is 1.44. The fourth-order valence-corrected chi connectivity index (χ4v) is 0.490. The number of nitro groups is 1. The number of aromatic nitrogens is 2. The van der Waals surface area contributed by atoms with Gasteiger partial charge in [0.05, 0.1) is 11.1 Å². The van der Waals surface area contributed by atoms with Crippen molar-refractivity contribution >= 4 is 11.5 Å². The maximum Gasteiger partial charge on any atom is 0.314 e. The number of hydrogen-bond acceptors (Lipinski definition) is 5. The molecule has 6 heteroatoms. The maximum absolute atomic E-state index is 10.1. The summed E-state index contributed by atoms with van der Waals surface area (Å²) in [6, 6.07) is 1.20. The normalized spacial score (nSPS) is 9.20. The second-order valence-corrected chi connectivity index (χ2v) is 1.56. The van der Waals surface area contributed by atoms with Crippen molar-refractivity contribution in [3.63, 3.8) is 0 Å². The van der Waals surface area contributed by atoms with Gasteiger partial charge in [-0.25, -0.2) is 0 Å². The standard InChI is InChI=1S/C4H4N4O2/c5-4-3(8(9)10)1-2-6-7-4/h1-2H,(H2,5,7). The van der Waals surface area contributed by atoms with E-state index < -0.39 is 4.92 Å². The molecule has 1 aromatic rings. The predicted octanol–water partition coefficient (Wildman–Crippen LogP) is -0.0330. The molecule has 0 aliphatic heterocycles. The highest BCUT2D eigenvalue weighted by Gasteiger charge is 2.09. The van der Waals surface area contributed by atoms with Crippen LogP contribution in [0, 0.1) is 10.1 Å². The van der Waals surface area contributed by atoms with Crippen LogP contribution in [0.2, 0.25) is 0 Å². The zero-order valence-corrected chi connectivity index (χ0v) is 4.89. The zero-order valence-electron chi connectivity index (χ0n) is 4.89. The summed E-state index contributed by atoms with van der Waals surface area (Å²) in [5.41, 5.74) is 4.89. The molecule has 0 unspecified atom stereocenters. The van der Waals surface area contributed by atoms with Gasteiger partial charge in [0.15, 0.2) is 0 Å². The lowest BCUT2D eigenvalue weighted by atomic mass is 10.4. The maximum atomic E-state index is 10.1. The van der Waals surface area contributed by atoms with E-state index in [9.17, 15) is 10.1 Å². The van der Waals surface area contributed by atoms with E-state index >= 15 is 0 Å². The summed E-state index contributed by atoms with van der Waals surface area (Å²) in [6.45, 7) is 0. The average Bonchev–Trinajstić information content (AvgIpc) is 1.88. The van der Waals surface area contributed by atoms with Gasteiger partial charge >= 0.3 is 5.69 Å². The van der Waals surface area contributed by atoms with Crippen LogP contribution in [-0.2, 0) is 0 Å². The van der Waals surface area contributed by atoms with Crippen molar-refractivity contribution < 1.29 is 4.92 Å². The van der Waals surface area contributed by atoms with Gasteiger partial charge < -0.3 is 5.73 Å². The third kappa shape index (κ3) is 0.993. The molecule has 0 bridgehead atoms. The number of nitrogens with zero attached hydrogens (tertiary/aromatic N) is 3. The van der Waals surface area contributed by atoms with Gasteiger partial charge in [0.25, 0.3) is 0 Å². The fraction of sp³-hybridized carbons (Fsp3) is 0. The molecule has 0 aliphatic carbocycles. The van der Waals surface area contributed by atoms with Gasteiger partial charge in [0.2, 0.25) is 5.82 Å². The lowest BCUT2D eigenvalue weighted by Crippen LogP contribution is -1.98. The molecule has 0 atom stereocenters. The minimum Gasteiger partial charge on any atom is -0.376 e. The van der Waals surface area contributed by atoms with E-state index in [1.807, 2.05) is 0 Å². The molecule has 10 heavy (non-hydrogen) atoms. The smallest absolute Gasteiger partial charge is 0.314 e. The van der Waals surface area contributed by atoms with Crippen LogP contribution in [0.15, 0.2) is 12.3 Å². The molecule has 0 saturated carbocycles. The van der Waals surface area contributed by atoms with Crippen LogP contribution >= 0.6 is 0 Å². The number of anilines is 1. The summed E-state index contributed by atoms with van der Waals surface area (Å²) in [4.78, 5) is 9.47. The van der Waals surface area contributed by atoms with Crippen LogP contribution < -0.4 is 5.73 Å². The van der Waals surface area contributed by atoms with E-state index in [1.54, 1.807) is 0 Å².